The maximum Gasteiger partial charge on any atom is 0.224 e. The Morgan fingerprint density at radius 2 is 1.59 bits per heavy atom. The van der Waals surface area contributed by atoms with Crippen molar-refractivity contribution in [2.45, 2.75) is 13.8 Å². The number of methoxy groups -OCH3 is 1. The molecule has 0 unspecified atom stereocenters. The summed E-state index contributed by atoms with van der Waals surface area (Å²) >= 11 is 6.01. The molecule has 0 radical (unpaired) electrons. The molecule has 3 aromatic rings. The first kappa shape index (κ1) is 17.8. The lowest BCUT2D eigenvalue weighted by Crippen LogP contribution is -2.47. The van der Waals surface area contributed by atoms with Gasteiger partial charge in [0.15, 0.2) is 0 Å². The van der Waals surface area contributed by atoms with Gasteiger partial charge in [-0.15, -0.1) is 0 Å². The van der Waals surface area contributed by atoms with Crippen LogP contribution < -0.4 is 14.5 Å². The molecular formula is C20H22ClN5O. The monoisotopic (exact) mass is 383 g/mol. The first-order valence-electron chi connectivity index (χ1n) is 9.00. The van der Waals surface area contributed by atoms with Gasteiger partial charge >= 0.3 is 0 Å². The highest BCUT2D eigenvalue weighted by Gasteiger charge is 2.21. The SMILES string of the molecule is COc1cccc2c(C)cc(N3CCN(c4cc(C)nc(Cl)n4)CC3)nc12. The fraction of sp³-hybridized carbons (Fsp3) is 0.350. The Morgan fingerprint density at radius 1 is 0.926 bits per heavy atom. The van der Waals surface area contributed by atoms with Gasteiger partial charge in [-0.2, -0.15) is 0 Å². The predicted octanol–water partition coefficient (Wildman–Crippen LogP) is 3.63. The second kappa shape index (κ2) is 7.19. The molecule has 1 aromatic carbocycles. The lowest BCUT2D eigenvalue weighted by Gasteiger charge is -2.36. The fourth-order valence-corrected chi connectivity index (χ4v) is 3.76. The number of hydrogen-bond donors (Lipinski definition) is 0. The van der Waals surface area contributed by atoms with Gasteiger partial charge in [-0.25, -0.2) is 15.0 Å². The molecule has 0 N–H and O–H groups in total. The lowest BCUT2D eigenvalue weighted by molar-refractivity contribution is 0.419. The number of nitrogens with zero attached hydrogens (tertiary/aromatic N) is 5. The van der Waals surface area contributed by atoms with Crippen molar-refractivity contribution in [3.8, 4) is 5.75 Å². The molecule has 0 bridgehead atoms. The highest BCUT2D eigenvalue weighted by molar-refractivity contribution is 6.28. The summed E-state index contributed by atoms with van der Waals surface area (Å²) in [5.74, 6) is 2.68. The van der Waals surface area contributed by atoms with Crippen LogP contribution in [0.15, 0.2) is 30.3 Å². The first-order valence-corrected chi connectivity index (χ1v) is 9.38. The Labute approximate surface area is 163 Å². The average molecular weight is 384 g/mol. The summed E-state index contributed by atoms with van der Waals surface area (Å²) in [6.07, 6.45) is 0. The lowest BCUT2D eigenvalue weighted by atomic mass is 10.1. The zero-order chi connectivity index (χ0) is 19.0. The minimum Gasteiger partial charge on any atom is -0.494 e. The molecule has 0 atom stereocenters. The average Bonchev–Trinajstić information content (AvgIpc) is 2.67. The summed E-state index contributed by atoms with van der Waals surface area (Å²) in [6.45, 7) is 7.51. The van der Waals surface area contributed by atoms with Gasteiger partial charge in [0.05, 0.1) is 7.11 Å². The summed E-state index contributed by atoms with van der Waals surface area (Å²) in [7, 11) is 1.69. The van der Waals surface area contributed by atoms with E-state index in [4.69, 9.17) is 21.3 Å². The van der Waals surface area contributed by atoms with Crippen LogP contribution in [0.25, 0.3) is 10.9 Å². The van der Waals surface area contributed by atoms with E-state index in [9.17, 15) is 0 Å². The van der Waals surface area contributed by atoms with E-state index in [1.165, 1.54) is 5.56 Å². The van der Waals surface area contributed by atoms with Crippen molar-refractivity contribution in [3.05, 3.63) is 46.9 Å². The molecule has 27 heavy (non-hydrogen) atoms. The van der Waals surface area contributed by atoms with E-state index in [0.717, 1.165) is 60.2 Å². The molecule has 4 rings (SSSR count). The van der Waals surface area contributed by atoms with Crippen molar-refractivity contribution >= 4 is 34.1 Å². The van der Waals surface area contributed by atoms with Crippen LogP contribution in [-0.2, 0) is 0 Å². The van der Waals surface area contributed by atoms with Gasteiger partial charge in [0.25, 0.3) is 0 Å². The molecular weight excluding hydrogens is 362 g/mol. The normalized spacial score (nSPS) is 14.7. The van der Waals surface area contributed by atoms with Crippen molar-refractivity contribution in [1.29, 1.82) is 0 Å². The number of piperazine rings is 1. The predicted molar refractivity (Wildman–Crippen MR) is 109 cm³/mol. The summed E-state index contributed by atoms with van der Waals surface area (Å²) in [4.78, 5) is 17.9. The number of anilines is 2. The number of benzene rings is 1. The smallest absolute Gasteiger partial charge is 0.224 e. The molecule has 1 saturated heterocycles. The molecule has 1 aliphatic rings. The quantitative estimate of drug-likeness (QED) is 0.644. The van der Waals surface area contributed by atoms with Crippen LogP contribution in [-0.4, -0.2) is 48.2 Å². The minimum atomic E-state index is 0.298. The maximum atomic E-state index is 6.01. The number of ether oxygens (including phenoxy) is 1. The molecule has 0 saturated carbocycles. The second-order valence-corrected chi connectivity index (χ2v) is 7.10. The highest BCUT2D eigenvalue weighted by Crippen LogP contribution is 2.29. The van der Waals surface area contributed by atoms with Gasteiger partial charge in [-0.3, -0.25) is 0 Å². The number of pyridine rings is 1. The van der Waals surface area contributed by atoms with Gasteiger partial charge in [-0.1, -0.05) is 12.1 Å². The van der Waals surface area contributed by atoms with E-state index in [2.05, 4.69) is 38.8 Å². The molecule has 0 aliphatic carbocycles. The number of aromatic nitrogens is 3. The highest BCUT2D eigenvalue weighted by atomic mass is 35.5. The zero-order valence-corrected chi connectivity index (χ0v) is 16.5. The minimum absolute atomic E-state index is 0.298. The van der Waals surface area contributed by atoms with Gasteiger partial charge in [-0.05, 0) is 43.1 Å². The fourth-order valence-electron chi connectivity index (χ4n) is 3.54. The summed E-state index contributed by atoms with van der Waals surface area (Å²) < 4.78 is 5.51. The standard InChI is InChI=1S/C20H22ClN5O/c1-13-11-17(23-19-15(13)5-4-6-16(19)27-3)25-7-9-26(10-8-25)18-12-14(2)22-20(21)24-18/h4-6,11-12H,7-10H2,1-3H3. The number of hydrogen-bond acceptors (Lipinski definition) is 6. The number of aryl methyl sites for hydroxylation is 2. The van der Waals surface area contributed by atoms with E-state index in [1.54, 1.807) is 7.11 Å². The van der Waals surface area contributed by atoms with Gasteiger partial charge in [0, 0.05) is 43.3 Å². The van der Waals surface area contributed by atoms with E-state index in [0.29, 0.717) is 5.28 Å². The third kappa shape index (κ3) is 3.49. The van der Waals surface area contributed by atoms with Crippen molar-refractivity contribution in [2.75, 3.05) is 43.1 Å². The molecule has 7 heteroatoms. The Balaban J connectivity index is 1.57. The molecule has 0 amide bonds. The van der Waals surface area contributed by atoms with E-state index in [1.807, 2.05) is 25.1 Å². The van der Waals surface area contributed by atoms with Crippen molar-refractivity contribution in [2.24, 2.45) is 0 Å². The Morgan fingerprint density at radius 3 is 2.22 bits per heavy atom. The van der Waals surface area contributed by atoms with E-state index < -0.39 is 0 Å². The van der Waals surface area contributed by atoms with Crippen LogP contribution in [0.2, 0.25) is 5.28 Å². The van der Waals surface area contributed by atoms with Crippen molar-refractivity contribution in [1.82, 2.24) is 15.0 Å². The Hall–Kier alpha value is -2.60. The summed E-state index contributed by atoms with van der Waals surface area (Å²) in [5.41, 5.74) is 3.00. The molecule has 6 nitrogen and oxygen atoms in total. The molecule has 3 heterocycles. The largest absolute Gasteiger partial charge is 0.494 e. The Bertz CT molecular complexity index is 965. The molecule has 2 aromatic heterocycles. The van der Waals surface area contributed by atoms with Crippen LogP contribution >= 0.6 is 11.6 Å². The number of fused-ring (bicyclic) bond motifs is 1. The summed E-state index contributed by atoms with van der Waals surface area (Å²) in [6, 6.07) is 10.2. The second-order valence-electron chi connectivity index (χ2n) is 6.76. The third-order valence-electron chi connectivity index (χ3n) is 4.96. The maximum absolute atomic E-state index is 6.01. The molecule has 140 valence electrons. The molecule has 0 spiro atoms. The van der Waals surface area contributed by atoms with Crippen molar-refractivity contribution in [3.63, 3.8) is 0 Å². The van der Waals surface area contributed by atoms with Crippen LogP contribution in [0, 0.1) is 13.8 Å². The first-order chi connectivity index (χ1) is 13.0. The van der Waals surface area contributed by atoms with Gasteiger partial charge in [0.1, 0.15) is 22.9 Å². The van der Waals surface area contributed by atoms with Crippen molar-refractivity contribution < 1.29 is 4.74 Å². The number of rotatable bonds is 3. The third-order valence-corrected chi connectivity index (χ3v) is 5.13. The zero-order valence-electron chi connectivity index (χ0n) is 15.7. The molecule has 1 aliphatic heterocycles. The van der Waals surface area contributed by atoms with Crippen LogP contribution in [0.1, 0.15) is 11.3 Å². The van der Waals surface area contributed by atoms with E-state index >= 15 is 0 Å². The van der Waals surface area contributed by atoms with Gasteiger partial charge < -0.3 is 14.5 Å². The summed E-state index contributed by atoms with van der Waals surface area (Å²) in [5, 5.41) is 1.43. The Kier molecular flexibility index (Phi) is 4.74. The van der Waals surface area contributed by atoms with Crippen LogP contribution in [0.5, 0.6) is 5.75 Å². The molecule has 1 fully saturated rings. The van der Waals surface area contributed by atoms with Crippen LogP contribution in [0.4, 0.5) is 11.6 Å². The van der Waals surface area contributed by atoms with E-state index in [-0.39, 0.29) is 0 Å². The number of halogens is 1. The number of para-hydroxylation sites is 1. The topological polar surface area (TPSA) is 54.4 Å². The van der Waals surface area contributed by atoms with Crippen LogP contribution in [0.3, 0.4) is 0 Å². The van der Waals surface area contributed by atoms with Gasteiger partial charge in [0.2, 0.25) is 5.28 Å².